The van der Waals surface area contributed by atoms with Crippen molar-refractivity contribution >= 4 is 11.7 Å². The molecule has 18 heavy (non-hydrogen) atoms. The minimum Gasteiger partial charge on any atom is -0.394 e. The Morgan fingerprint density at radius 1 is 1.61 bits per heavy atom. The standard InChI is InChI=1S/C12H16FN3O2/c13-8-5-10(11(14)15-6-8)12(18)16-4-2-1-3-9(16)7-17/h5-6,9,17H,1-4,7H2,(H2,14,15). The van der Waals surface area contributed by atoms with Gasteiger partial charge in [-0.3, -0.25) is 4.79 Å². The maximum atomic E-state index is 13.1. The van der Waals surface area contributed by atoms with E-state index in [0.29, 0.717) is 6.54 Å². The molecule has 1 saturated heterocycles. The maximum Gasteiger partial charge on any atom is 0.258 e. The van der Waals surface area contributed by atoms with Gasteiger partial charge in [0.05, 0.1) is 24.4 Å². The number of halogens is 1. The number of piperidine rings is 1. The topological polar surface area (TPSA) is 79.5 Å². The van der Waals surface area contributed by atoms with Gasteiger partial charge in [-0.05, 0) is 25.3 Å². The van der Waals surface area contributed by atoms with Gasteiger partial charge in [-0.1, -0.05) is 0 Å². The van der Waals surface area contributed by atoms with Crippen molar-refractivity contribution < 1.29 is 14.3 Å². The number of aliphatic hydroxyl groups excluding tert-OH is 1. The summed E-state index contributed by atoms with van der Waals surface area (Å²) in [5, 5.41) is 9.27. The van der Waals surface area contributed by atoms with Gasteiger partial charge in [-0.25, -0.2) is 9.37 Å². The number of aliphatic hydroxyl groups is 1. The molecule has 0 aliphatic carbocycles. The number of carbonyl (C=O) groups excluding carboxylic acids is 1. The van der Waals surface area contributed by atoms with Crippen LogP contribution in [0.3, 0.4) is 0 Å². The third kappa shape index (κ3) is 2.43. The highest BCUT2D eigenvalue weighted by molar-refractivity contribution is 5.98. The Morgan fingerprint density at radius 2 is 2.39 bits per heavy atom. The Bertz CT molecular complexity index is 453. The van der Waals surface area contributed by atoms with E-state index >= 15 is 0 Å². The summed E-state index contributed by atoms with van der Waals surface area (Å²) in [4.78, 5) is 17.5. The zero-order valence-corrected chi connectivity index (χ0v) is 9.97. The molecule has 1 fully saturated rings. The van der Waals surface area contributed by atoms with Crippen molar-refractivity contribution in [2.24, 2.45) is 0 Å². The number of pyridine rings is 1. The third-order valence-corrected chi connectivity index (χ3v) is 3.21. The fourth-order valence-electron chi connectivity index (χ4n) is 2.23. The van der Waals surface area contributed by atoms with Crippen LogP contribution in [-0.2, 0) is 0 Å². The van der Waals surface area contributed by atoms with Crippen LogP contribution < -0.4 is 5.73 Å². The van der Waals surface area contributed by atoms with E-state index < -0.39 is 5.82 Å². The minimum atomic E-state index is -0.592. The van der Waals surface area contributed by atoms with Crippen LogP contribution in [0.4, 0.5) is 10.2 Å². The Balaban J connectivity index is 2.26. The molecule has 1 aliphatic rings. The van der Waals surface area contributed by atoms with Crippen LogP contribution in [0.25, 0.3) is 0 Å². The zero-order valence-electron chi connectivity index (χ0n) is 9.97. The lowest BCUT2D eigenvalue weighted by Crippen LogP contribution is -2.45. The SMILES string of the molecule is Nc1ncc(F)cc1C(=O)N1CCCCC1CO. The molecule has 2 heterocycles. The van der Waals surface area contributed by atoms with Crippen LogP contribution >= 0.6 is 0 Å². The molecule has 1 atom stereocenters. The number of nitrogen functional groups attached to an aromatic ring is 1. The lowest BCUT2D eigenvalue weighted by molar-refractivity contribution is 0.0503. The van der Waals surface area contributed by atoms with Gasteiger partial charge in [-0.2, -0.15) is 0 Å². The zero-order chi connectivity index (χ0) is 13.1. The van der Waals surface area contributed by atoms with Crippen molar-refractivity contribution in [3.63, 3.8) is 0 Å². The first kappa shape index (κ1) is 12.8. The van der Waals surface area contributed by atoms with Gasteiger partial charge >= 0.3 is 0 Å². The highest BCUT2D eigenvalue weighted by Crippen LogP contribution is 2.21. The van der Waals surface area contributed by atoms with Crippen molar-refractivity contribution in [1.29, 1.82) is 0 Å². The maximum absolute atomic E-state index is 13.1. The summed E-state index contributed by atoms with van der Waals surface area (Å²) in [7, 11) is 0. The number of carbonyl (C=O) groups is 1. The number of rotatable bonds is 2. The molecule has 3 N–H and O–H groups in total. The molecule has 1 aromatic heterocycles. The summed E-state index contributed by atoms with van der Waals surface area (Å²) < 4.78 is 13.1. The number of hydrogen-bond acceptors (Lipinski definition) is 4. The average Bonchev–Trinajstić information content (AvgIpc) is 2.40. The second-order valence-corrected chi connectivity index (χ2v) is 4.42. The predicted molar refractivity (Wildman–Crippen MR) is 64.4 cm³/mol. The van der Waals surface area contributed by atoms with E-state index in [1.165, 1.54) is 0 Å². The molecule has 2 rings (SSSR count). The summed E-state index contributed by atoms with van der Waals surface area (Å²) >= 11 is 0. The molecule has 0 spiro atoms. The lowest BCUT2D eigenvalue weighted by atomic mass is 10.0. The van der Waals surface area contributed by atoms with E-state index in [0.717, 1.165) is 31.5 Å². The van der Waals surface area contributed by atoms with Gasteiger partial charge in [0.25, 0.3) is 5.91 Å². The van der Waals surface area contributed by atoms with Crippen LogP contribution in [0.15, 0.2) is 12.3 Å². The van der Waals surface area contributed by atoms with E-state index in [9.17, 15) is 14.3 Å². The molecule has 1 amide bonds. The molecule has 0 aromatic carbocycles. The molecule has 5 nitrogen and oxygen atoms in total. The number of likely N-dealkylation sites (tertiary alicyclic amines) is 1. The molecule has 0 bridgehead atoms. The van der Waals surface area contributed by atoms with Crippen LogP contribution in [0.2, 0.25) is 0 Å². The van der Waals surface area contributed by atoms with E-state index in [1.54, 1.807) is 4.90 Å². The van der Waals surface area contributed by atoms with Crippen LogP contribution in [0, 0.1) is 5.82 Å². The van der Waals surface area contributed by atoms with Crippen molar-refractivity contribution in [3.8, 4) is 0 Å². The predicted octanol–water partition coefficient (Wildman–Crippen LogP) is 0.790. The number of aromatic nitrogens is 1. The summed E-state index contributed by atoms with van der Waals surface area (Å²) in [5.41, 5.74) is 5.66. The fourth-order valence-corrected chi connectivity index (χ4v) is 2.23. The molecule has 6 heteroatoms. The van der Waals surface area contributed by atoms with Gasteiger partial charge < -0.3 is 15.7 Å². The fraction of sp³-hybridized carbons (Fsp3) is 0.500. The minimum absolute atomic E-state index is 0.0173. The second-order valence-electron chi connectivity index (χ2n) is 4.42. The van der Waals surface area contributed by atoms with Crippen LogP contribution in [-0.4, -0.2) is 40.1 Å². The van der Waals surface area contributed by atoms with Crippen LogP contribution in [0.5, 0.6) is 0 Å². The van der Waals surface area contributed by atoms with Crippen molar-refractivity contribution in [3.05, 3.63) is 23.6 Å². The van der Waals surface area contributed by atoms with Gasteiger partial charge in [0.1, 0.15) is 11.6 Å². The first-order valence-electron chi connectivity index (χ1n) is 5.96. The monoisotopic (exact) mass is 253 g/mol. The molecule has 1 aromatic rings. The van der Waals surface area contributed by atoms with E-state index in [1.807, 2.05) is 0 Å². The summed E-state index contributed by atoms with van der Waals surface area (Å²) in [6, 6.07) is 0.877. The number of hydrogen-bond donors (Lipinski definition) is 2. The van der Waals surface area contributed by atoms with Crippen LogP contribution in [0.1, 0.15) is 29.6 Å². The van der Waals surface area contributed by atoms with Crippen molar-refractivity contribution in [2.45, 2.75) is 25.3 Å². The smallest absolute Gasteiger partial charge is 0.258 e. The molecule has 98 valence electrons. The number of nitrogens with zero attached hydrogens (tertiary/aromatic N) is 2. The van der Waals surface area contributed by atoms with E-state index in [2.05, 4.69) is 4.98 Å². The Labute approximate surface area is 104 Å². The first-order chi connectivity index (χ1) is 8.63. The average molecular weight is 253 g/mol. The third-order valence-electron chi connectivity index (χ3n) is 3.21. The molecule has 1 aliphatic heterocycles. The largest absolute Gasteiger partial charge is 0.394 e. The van der Waals surface area contributed by atoms with E-state index in [-0.39, 0.29) is 29.9 Å². The van der Waals surface area contributed by atoms with Crippen molar-refractivity contribution in [2.75, 3.05) is 18.9 Å². The van der Waals surface area contributed by atoms with E-state index in [4.69, 9.17) is 5.73 Å². The second kappa shape index (κ2) is 5.30. The molecular formula is C12H16FN3O2. The molecule has 1 unspecified atom stereocenters. The molecular weight excluding hydrogens is 237 g/mol. The Kier molecular flexibility index (Phi) is 3.76. The number of nitrogens with two attached hydrogens (primary N) is 1. The summed E-state index contributed by atoms with van der Waals surface area (Å²) in [6.07, 6.45) is 3.59. The highest BCUT2D eigenvalue weighted by Gasteiger charge is 2.28. The van der Waals surface area contributed by atoms with Gasteiger partial charge in [0.15, 0.2) is 0 Å². The number of anilines is 1. The summed E-state index contributed by atoms with van der Waals surface area (Å²) in [6.45, 7) is 0.467. The Hall–Kier alpha value is -1.69. The molecule has 0 saturated carbocycles. The van der Waals surface area contributed by atoms with Gasteiger partial charge in [0, 0.05) is 6.54 Å². The van der Waals surface area contributed by atoms with Gasteiger partial charge in [-0.15, -0.1) is 0 Å². The Morgan fingerprint density at radius 3 is 3.11 bits per heavy atom. The number of amides is 1. The quantitative estimate of drug-likeness (QED) is 0.816. The van der Waals surface area contributed by atoms with Gasteiger partial charge in [0.2, 0.25) is 0 Å². The normalized spacial score (nSPS) is 19.9. The lowest BCUT2D eigenvalue weighted by Gasteiger charge is -2.34. The molecule has 0 radical (unpaired) electrons. The van der Waals surface area contributed by atoms with Crippen molar-refractivity contribution in [1.82, 2.24) is 9.88 Å². The first-order valence-corrected chi connectivity index (χ1v) is 5.96. The summed E-state index contributed by atoms with van der Waals surface area (Å²) in [5.74, 6) is -0.938. The highest BCUT2D eigenvalue weighted by atomic mass is 19.1.